The second kappa shape index (κ2) is 14.2. The number of aromatic nitrogens is 1. The number of ether oxygens (including phenoxy) is 1. The number of rotatable bonds is 11. The number of halogens is 2. The number of H-pyrrole nitrogens is 1. The number of hydrogen-bond acceptors (Lipinski definition) is 7. The van der Waals surface area contributed by atoms with E-state index in [1.165, 1.54) is 17.2 Å². The number of methoxy groups -OCH3 is 1. The van der Waals surface area contributed by atoms with Gasteiger partial charge in [0.2, 0.25) is 0 Å². The highest BCUT2D eigenvalue weighted by Crippen LogP contribution is 2.31. The van der Waals surface area contributed by atoms with Crippen LogP contribution in [0.5, 0.6) is 11.5 Å². The van der Waals surface area contributed by atoms with Gasteiger partial charge in [0.05, 0.1) is 17.9 Å². The summed E-state index contributed by atoms with van der Waals surface area (Å²) in [6.07, 6.45) is 0.0654. The zero-order valence-corrected chi connectivity index (χ0v) is 22.3. The van der Waals surface area contributed by atoms with Crippen LogP contribution in [0, 0.1) is 0 Å². The fourth-order valence-electron chi connectivity index (χ4n) is 3.90. The van der Waals surface area contributed by atoms with Crippen LogP contribution in [-0.2, 0) is 19.5 Å². The van der Waals surface area contributed by atoms with Gasteiger partial charge in [-0.2, -0.15) is 0 Å². The first kappa shape index (κ1) is 29.6. The van der Waals surface area contributed by atoms with E-state index in [0.717, 1.165) is 42.2 Å². The maximum Gasteiger partial charge on any atom is 0.305 e. The van der Waals surface area contributed by atoms with E-state index < -0.39 is 6.10 Å². The summed E-state index contributed by atoms with van der Waals surface area (Å²) in [4.78, 5) is 14.0. The van der Waals surface area contributed by atoms with Gasteiger partial charge in [0.25, 0.3) is 0 Å². The number of thiazole rings is 1. The molecule has 4 aromatic rings. The quantitative estimate of drug-likeness (QED) is 0.178. The molecule has 4 rings (SSSR count). The van der Waals surface area contributed by atoms with Gasteiger partial charge in [0, 0.05) is 30.8 Å². The first-order valence-electron chi connectivity index (χ1n) is 11.2. The van der Waals surface area contributed by atoms with E-state index in [0.29, 0.717) is 28.9 Å². The normalized spacial score (nSPS) is 11.5. The van der Waals surface area contributed by atoms with Crippen molar-refractivity contribution in [1.29, 1.82) is 0 Å². The Kier molecular flexibility index (Phi) is 11.7. The van der Waals surface area contributed by atoms with Crippen LogP contribution < -0.4 is 20.2 Å². The van der Waals surface area contributed by atoms with Crippen LogP contribution in [0.1, 0.15) is 28.4 Å². The zero-order chi connectivity index (χ0) is 23.9. The summed E-state index contributed by atoms with van der Waals surface area (Å²) in [7, 11) is 1.69. The van der Waals surface area contributed by atoms with Gasteiger partial charge in [-0.3, -0.25) is 4.79 Å². The summed E-state index contributed by atoms with van der Waals surface area (Å²) in [5, 5.41) is 27.2. The summed E-state index contributed by atoms with van der Waals surface area (Å²) in [6.45, 7) is 2.59. The van der Waals surface area contributed by atoms with Crippen LogP contribution in [0.3, 0.4) is 0 Å². The lowest BCUT2D eigenvalue weighted by molar-refractivity contribution is 0.176. The topological polar surface area (TPSA) is 107 Å². The van der Waals surface area contributed by atoms with Crippen molar-refractivity contribution >= 4 is 46.4 Å². The highest BCUT2D eigenvalue weighted by molar-refractivity contribution is 7.16. The van der Waals surface area contributed by atoms with Crippen LogP contribution in [0.2, 0.25) is 0 Å². The first-order chi connectivity index (χ1) is 16.5. The summed E-state index contributed by atoms with van der Waals surface area (Å²) >= 11 is 0.994. The SMILES string of the molecule is COc1ccccc1CNCc1ccc(CCNC[C@H](O)c2ccc(O)c3[nH]c(=O)sc23)cc1.Cl.Cl. The largest absolute Gasteiger partial charge is 0.506 e. The van der Waals surface area contributed by atoms with Crippen molar-refractivity contribution in [2.75, 3.05) is 20.2 Å². The van der Waals surface area contributed by atoms with Crippen LogP contribution in [0.4, 0.5) is 0 Å². The van der Waals surface area contributed by atoms with Gasteiger partial charge in [-0.25, -0.2) is 0 Å². The minimum absolute atomic E-state index is 0. The van der Waals surface area contributed by atoms with Crippen molar-refractivity contribution in [3.8, 4) is 11.5 Å². The van der Waals surface area contributed by atoms with Crippen molar-refractivity contribution < 1.29 is 14.9 Å². The number of benzene rings is 3. The Morgan fingerprint density at radius 3 is 2.44 bits per heavy atom. The first-order valence-corrected chi connectivity index (χ1v) is 12.0. The van der Waals surface area contributed by atoms with Gasteiger partial charge in [-0.1, -0.05) is 59.9 Å². The molecular weight excluding hydrogens is 521 g/mol. The number of phenolic OH excluding ortho intramolecular Hbond substituents is 1. The number of aromatic amines is 1. The number of hydrogen-bond donors (Lipinski definition) is 5. The summed E-state index contributed by atoms with van der Waals surface area (Å²) in [5.74, 6) is 0.900. The van der Waals surface area contributed by atoms with Gasteiger partial charge in [0.1, 0.15) is 17.0 Å². The van der Waals surface area contributed by atoms with Gasteiger partial charge in [0.15, 0.2) is 0 Å². The number of aromatic hydroxyl groups is 1. The number of fused-ring (bicyclic) bond motifs is 1. The molecule has 0 aliphatic carbocycles. The Labute approximate surface area is 226 Å². The molecule has 1 heterocycles. The Morgan fingerprint density at radius 1 is 0.972 bits per heavy atom. The number of aliphatic hydroxyl groups excluding tert-OH is 1. The zero-order valence-electron chi connectivity index (χ0n) is 19.8. The third-order valence-corrected chi connectivity index (χ3v) is 6.67. The Morgan fingerprint density at radius 2 is 1.69 bits per heavy atom. The highest BCUT2D eigenvalue weighted by atomic mass is 35.5. The van der Waals surface area contributed by atoms with Gasteiger partial charge < -0.3 is 30.6 Å². The molecule has 36 heavy (non-hydrogen) atoms. The average molecular weight is 553 g/mol. The predicted octanol–water partition coefficient (Wildman–Crippen LogP) is 4.30. The van der Waals surface area contributed by atoms with E-state index in [-0.39, 0.29) is 35.4 Å². The molecule has 0 fully saturated rings. The van der Waals surface area contributed by atoms with E-state index >= 15 is 0 Å². The summed E-state index contributed by atoms with van der Waals surface area (Å²) in [6, 6.07) is 19.7. The Balaban J connectivity index is 0.00000228. The Bertz CT molecular complexity index is 1290. The maximum absolute atomic E-state index is 11.7. The molecule has 10 heteroatoms. The third-order valence-electron chi connectivity index (χ3n) is 5.74. The molecule has 0 amide bonds. The van der Waals surface area contributed by atoms with Crippen molar-refractivity contribution in [2.45, 2.75) is 25.6 Å². The number of para-hydroxylation sites is 1. The molecule has 3 aromatic carbocycles. The molecule has 0 radical (unpaired) electrons. The van der Waals surface area contributed by atoms with Crippen molar-refractivity contribution in [2.24, 2.45) is 0 Å². The lowest BCUT2D eigenvalue weighted by Gasteiger charge is -2.13. The molecule has 1 aromatic heterocycles. The van der Waals surface area contributed by atoms with Crippen molar-refractivity contribution in [1.82, 2.24) is 15.6 Å². The van der Waals surface area contributed by atoms with E-state index in [2.05, 4.69) is 45.9 Å². The molecule has 0 aliphatic rings. The van der Waals surface area contributed by atoms with E-state index in [4.69, 9.17) is 4.74 Å². The summed E-state index contributed by atoms with van der Waals surface area (Å²) < 4.78 is 5.98. The second-order valence-electron chi connectivity index (χ2n) is 8.09. The molecule has 5 N–H and O–H groups in total. The van der Waals surface area contributed by atoms with Gasteiger partial charge >= 0.3 is 4.87 Å². The van der Waals surface area contributed by atoms with Crippen molar-refractivity contribution in [3.63, 3.8) is 0 Å². The van der Waals surface area contributed by atoms with Gasteiger partial charge in [-0.05, 0) is 36.2 Å². The minimum Gasteiger partial charge on any atom is -0.506 e. The maximum atomic E-state index is 11.7. The van der Waals surface area contributed by atoms with Gasteiger partial charge in [-0.15, -0.1) is 24.8 Å². The fourth-order valence-corrected chi connectivity index (χ4v) is 4.82. The molecule has 194 valence electrons. The number of phenols is 1. The van der Waals surface area contributed by atoms with E-state index in [9.17, 15) is 15.0 Å². The van der Waals surface area contributed by atoms with E-state index in [1.807, 2.05) is 18.2 Å². The molecule has 0 spiro atoms. The predicted molar refractivity (Wildman–Crippen MR) is 150 cm³/mol. The highest BCUT2D eigenvalue weighted by Gasteiger charge is 2.15. The molecular formula is C26H31Cl2N3O4S. The monoisotopic (exact) mass is 551 g/mol. The molecule has 7 nitrogen and oxygen atoms in total. The van der Waals surface area contributed by atoms with Crippen LogP contribution >= 0.6 is 36.2 Å². The molecule has 0 unspecified atom stereocenters. The smallest absolute Gasteiger partial charge is 0.305 e. The third kappa shape index (κ3) is 7.46. The van der Waals surface area contributed by atoms with Crippen LogP contribution in [-0.4, -0.2) is 35.4 Å². The number of nitrogens with one attached hydrogen (secondary N) is 3. The number of aliphatic hydroxyl groups is 1. The lowest BCUT2D eigenvalue weighted by atomic mass is 10.1. The van der Waals surface area contributed by atoms with Crippen LogP contribution in [0.15, 0.2) is 65.5 Å². The average Bonchev–Trinajstić information content (AvgIpc) is 3.25. The summed E-state index contributed by atoms with van der Waals surface area (Å²) in [5.41, 5.74) is 4.57. The lowest BCUT2D eigenvalue weighted by Crippen LogP contribution is -2.23. The fraction of sp³-hybridized carbons (Fsp3) is 0.269. The second-order valence-corrected chi connectivity index (χ2v) is 9.08. The van der Waals surface area contributed by atoms with Crippen LogP contribution in [0.25, 0.3) is 10.2 Å². The van der Waals surface area contributed by atoms with Crippen molar-refractivity contribution in [3.05, 3.63) is 92.6 Å². The minimum atomic E-state index is -0.772. The molecule has 0 bridgehead atoms. The molecule has 0 saturated heterocycles. The molecule has 1 atom stereocenters. The molecule has 0 aliphatic heterocycles. The molecule has 0 saturated carbocycles. The standard InChI is InChI=1S/C26H29N3O4S.2ClH/c1-33-23-5-3-2-4-19(23)15-28-14-18-8-6-17(7-9-18)12-13-27-16-22(31)20-10-11-21(30)24-25(20)34-26(32)29-24;;/h2-11,22,27-28,30-31H,12-16H2,1H3,(H,29,32);2*1H/t22-;;/m0../s1. The Hall–Kier alpha value is -2.59. The van der Waals surface area contributed by atoms with E-state index in [1.54, 1.807) is 13.2 Å².